The Balaban J connectivity index is 1.76. The van der Waals surface area contributed by atoms with E-state index in [1.165, 1.54) is 34.5 Å². The number of rotatable bonds is 5. The number of nitrogens with zero attached hydrogens (tertiary/aromatic N) is 1. The molecule has 0 spiro atoms. The zero-order valence-electron chi connectivity index (χ0n) is 12.4. The molecule has 106 valence electrons. The average molecular weight is 286 g/mol. The van der Waals surface area contributed by atoms with Crippen LogP contribution in [-0.4, -0.2) is 11.0 Å². The molecule has 1 heterocycles. The van der Waals surface area contributed by atoms with Crippen molar-refractivity contribution in [2.24, 2.45) is 0 Å². The third kappa shape index (κ3) is 3.10. The molecule has 3 rings (SSSR count). The van der Waals surface area contributed by atoms with Gasteiger partial charge in [-0.2, -0.15) is 0 Å². The summed E-state index contributed by atoms with van der Waals surface area (Å²) in [6, 6.07) is 9.60. The highest BCUT2D eigenvalue weighted by atomic mass is 32.1. The summed E-state index contributed by atoms with van der Waals surface area (Å²) in [5.41, 5.74) is 3.80. The first-order valence-corrected chi connectivity index (χ1v) is 8.25. The van der Waals surface area contributed by atoms with Crippen LogP contribution in [0.2, 0.25) is 0 Å². The van der Waals surface area contributed by atoms with Gasteiger partial charge in [0.2, 0.25) is 0 Å². The van der Waals surface area contributed by atoms with E-state index in [0.29, 0.717) is 5.92 Å². The molecule has 1 aliphatic carbocycles. The quantitative estimate of drug-likeness (QED) is 0.875. The van der Waals surface area contributed by atoms with Crippen LogP contribution in [0.15, 0.2) is 24.3 Å². The summed E-state index contributed by atoms with van der Waals surface area (Å²) < 4.78 is 0. The van der Waals surface area contributed by atoms with Crippen LogP contribution in [0.5, 0.6) is 0 Å². The molecule has 0 unspecified atom stereocenters. The van der Waals surface area contributed by atoms with E-state index in [1.54, 1.807) is 0 Å². The third-order valence-electron chi connectivity index (χ3n) is 3.85. The fourth-order valence-electron chi connectivity index (χ4n) is 2.25. The molecule has 0 amide bonds. The Bertz CT molecular complexity index is 580. The standard InChI is InChI=1S/C17H22N2S/c1-11(2)13-4-6-14(7-5-13)17-19-12(3)16(20-17)10-18-15-8-9-15/h4-7,11,15,18H,8-10H2,1-3H3. The second-order valence-corrected chi connectivity index (χ2v) is 7.04. The van der Waals surface area contributed by atoms with Gasteiger partial charge in [0.05, 0.1) is 5.69 Å². The van der Waals surface area contributed by atoms with Crippen LogP contribution in [-0.2, 0) is 6.54 Å². The summed E-state index contributed by atoms with van der Waals surface area (Å²) in [6.07, 6.45) is 2.67. The van der Waals surface area contributed by atoms with E-state index in [0.717, 1.165) is 17.6 Å². The SMILES string of the molecule is Cc1nc(-c2ccc(C(C)C)cc2)sc1CNC1CC1. The van der Waals surface area contributed by atoms with Crippen molar-refractivity contribution in [3.8, 4) is 10.6 Å². The minimum absolute atomic E-state index is 0.584. The van der Waals surface area contributed by atoms with Gasteiger partial charge in [-0.1, -0.05) is 38.1 Å². The van der Waals surface area contributed by atoms with Crippen molar-refractivity contribution in [2.75, 3.05) is 0 Å². The zero-order chi connectivity index (χ0) is 14.1. The van der Waals surface area contributed by atoms with Crippen LogP contribution in [0.25, 0.3) is 10.6 Å². The molecule has 0 atom stereocenters. The maximum Gasteiger partial charge on any atom is 0.123 e. The monoisotopic (exact) mass is 286 g/mol. The number of aryl methyl sites for hydroxylation is 1. The highest BCUT2D eigenvalue weighted by Gasteiger charge is 2.21. The second-order valence-electron chi connectivity index (χ2n) is 5.96. The van der Waals surface area contributed by atoms with E-state index in [1.807, 2.05) is 11.3 Å². The number of aromatic nitrogens is 1. The summed E-state index contributed by atoms with van der Waals surface area (Å²) >= 11 is 1.82. The normalized spacial score (nSPS) is 15.0. The first-order chi connectivity index (χ1) is 9.63. The number of hydrogen-bond donors (Lipinski definition) is 1. The first kappa shape index (κ1) is 13.8. The third-order valence-corrected chi connectivity index (χ3v) is 5.05. The van der Waals surface area contributed by atoms with Crippen molar-refractivity contribution < 1.29 is 0 Å². The van der Waals surface area contributed by atoms with Gasteiger partial charge in [0.25, 0.3) is 0 Å². The van der Waals surface area contributed by atoms with Crippen molar-refractivity contribution in [1.29, 1.82) is 0 Å². The maximum atomic E-state index is 4.73. The van der Waals surface area contributed by atoms with Crippen molar-refractivity contribution >= 4 is 11.3 Å². The molecule has 2 aromatic rings. The number of benzene rings is 1. The Labute approximate surface area is 125 Å². The summed E-state index contributed by atoms with van der Waals surface area (Å²) in [5.74, 6) is 0.584. The second kappa shape index (κ2) is 5.66. The molecule has 0 saturated heterocycles. The van der Waals surface area contributed by atoms with E-state index in [-0.39, 0.29) is 0 Å². The van der Waals surface area contributed by atoms with E-state index < -0.39 is 0 Å². The summed E-state index contributed by atoms with van der Waals surface area (Å²) in [7, 11) is 0. The van der Waals surface area contributed by atoms with Crippen LogP contribution in [0.1, 0.15) is 48.7 Å². The van der Waals surface area contributed by atoms with E-state index in [9.17, 15) is 0 Å². The topological polar surface area (TPSA) is 24.9 Å². The molecule has 1 N–H and O–H groups in total. The Kier molecular flexibility index (Phi) is 3.90. The van der Waals surface area contributed by atoms with Gasteiger partial charge in [-0.25, -0.2) is 4.98 Å². The first-order valence-electron chi connectivity index (χ1n) is 7.43. The highest BCUT2D eigenvalue weighted by Crippen LogP contribution is 2.30. The van der Waals surface area contributed by atoms with Crippen molar-refractivity contribution in [3.63, 3.8) is 0 Å². The van der Waals surface area contributed by atoms with Gasteiger partial charge >= 0.3 is 0 Å². The van der Waals surface area contributed by atoms with Crippen LogP contribution >= 0.6 is 11.3 Å². The lowest BCUT2D eigenvalue weighted by molar-refractivity contribution is 0.691. The van der Waals surface area contributed by atoms with Gasteiger partial charge in [-0.05, 0) is 31.2 Å². The molecule has 1 fully saturated rings. The molecule has 2 nitrogen and oxygen atoms in total. The largest absolute Gasteiger partial charge is 0.309 e. The van der Waals surface area contributed by atoms with Gasteiger partial charge in [-0.3, -0.25) is 0 Å². The molecule has 20 heavy (non-hydrogen) atoms. The molecule has 0 aliphatic heterocycles. The van der Waals surface area contributed by atoms with Crippen molar-refractivity contribution in [3.05, 3.63) is 40.4 Å². The minimum Gasteiger partial charge on any atom is -0.309 e. The average Bonchev–Trinajstić information content (AvgIpc) is 3.20. The zero-order valence-corrected chi connectivity index (χ0v) is 13.3. The van der Waals surface area contributed by atoms with Crippen LogP contribution in [0, 0.1) is 6.92 Å². The van der Waals surface area contributed by atoms with Gasteiger partial charge in [0, 0.05) is 23.0 Å². The molecule has 1 saturated carbocycles. The lowest BCUT2D eigenvalue weighted by Gasteiger charge is -2.05. The Morgan fingerprint density at radius 2 is 1.95 bits per heavy atom. The number of nitrogens with one attached hydrogen (secondary N) is 1. The van der Waals surface area contributed by atoms with Gasteiger partial charge in [0.1, 0.15) is 5.01 Å². The highest BCUT2D eigenvalue weighted by molar-refractivity contribution is 7.15. The lowest BCUT2D eigenvalue weighted by atomic mass is 10.0. The Hall–Kier alpha value is -1.19. The van der Waals surface area contributed by atoms with E-state index in [2.05, 4.69) is 50.4 Å². The van der Waals surface area contributed by atoms with Crippen LogP contribution in [0.4, 0.5) is 0 Å². The van der Waals surface area contributed by atoms with Gasteiger partial charge in [-0.15, -0.1) is 11.3 Å². The van der Waals surface area contributed by atoms with Crippen molar-refractivity contribution in [2.45, 2.75) is 52.1 Å². The molecule has 3 heteroatoms. The lowest BCUT2D eigenvalue weighted by Crippen LogP contribution is -2.14. The molecule has 1 aromatic carbocycles. The fraction of sp³-hybridized carbons (Fsp3) is 0.471. The van der Waals surface area contributed by atoms with E-state index >= 15 is 0 Å². The number of hydrogen-bond acceptors (Lipinski definition) is 3. The number of thiazole rings is 1. The van der Waals surface area contributed by atoms with Crippen LogP contribution in [0.3, 0.4) is 0 Å². The summed E-state index contributed by atoms with van der Waals surface area (Å²) in [4.78, 5) is 6.11. The molecular weight excluding hydrogens is 264 g/mol. The fourth-order valence-corrected chi connectivity index (χ4v) is 3.27. The van der Waals surface area contributed by atoms with Crippen LogP contribution < -0.4 is 5.32 Å². The molecule has 1 aliphatic rings. The minimum atomic E-state index is 0.584. The Morgan fingerprint density at radius 3 is 2.55 bits per heavy atom. The van der Waals surface area contributed by atoms with Crippen molar-refractivity contribution in [1.82, 2.24) is 10.3 Å². The molecule has 1 aromatic heterocycles. The summed E-state index contributed by atoms with van der Waals surface area (Å²) in [5, 5.41) is 4.72. The predicted molar refractivity (Wildman–Crippen MR) is 86.2 cm³/mol. The van der Waals surface area contributed by atoms with Gasteiger partial charge in [0.15, 0.2) is 0 Å². The smallest absolute Gasteiger partial charge is 0.123 e. The Morgan fingerprint density at radius 1 is 1.25 bits per heavy atom. The van der Waals surface area contributed by atoms with Gasteiger partial charge < -0.3 is 5.32 Å². The molecule has 0 bridgehead atoms. The maximum absolute atomic E-state index is 4.73. The summed E-state index contributed by atoms with van der Waals surface area (Å²) in [6.45, 7) is 7.54. The predicted octanol–water partition coefficient (Wildman–Crippen LogP) is 4.49. The van der Waals surface area contributed by atoms with E-state index in [4.69, 9.17) is 4.98 Å². The molecule has 0 radical (unpaired) electrons. The molecular formula is C17H22N2S.